The number of carbonyl (C=O) groups excluding carboxylic acids is 1. The number of allylic oxidation sites excluding steroid dienone is 1. The van der Waals surface area contributed by atoms with E-state index in [0.29, 0.717) is 26.9 Å². The Bertz CT molecular complexity index is 907. The third-order valence-electron chi connectivity index (χ3n) is 3.75. The maximum absolute atomic E-state index is 12.3. The Hall–Kier alpha value is -2.50. The highest BCUT2D eigenvalue weighted by atomic mass is 35.5. The van der Waals surface area contributed by atoms with Crippen LogP contribution in [0.3, 0.4) is 0 Å². The number of carbonyl (C=O) groups is 2. The van der Waals surface area contributed by atoms with Crippen molar-refractivity contribution in [3.05, 3.63) is 63.1 Å². The van der Waals surface area contributed by atoms with Crippen molar-refractivity contribution in [2.24, 2.45) is 0 Å². The molecule has 0 aromatic heterocycles. The number of halogens is 2. The van der Waals surface area contributed by atoms with E-state index in [1.165, 1.54) is 19.3 Å². The molecule has 0 aliphatic heterocycles. The Kier molecular flexibility index (Phi) is 6.29. The lowest BCUT2D eigenvalue weighted by atomic mass is 10.1. The quantitative estimate of drug-likeness (QED) is 0.696. The summed E-state index contributed by atoms with van der Waals surface area (Å²) in [7, 11) is 1.45. The van der Waals surface area contributed by atoms with Gasteiger partial charge in [0.05, 0.1) is 28.4 Å². The van der Waals surface area contributed by atoms with Crippen LogP contribution in [0.4, 0.5) is 5.69 Å². The average molecular weight is 394 g/mol. The number of hydrogen-bond donors (Lipinski definition) is 2. The molecule has 2 aromatic carbocycles. The summed E-state index contributed by atoms with van der Waals surface area (Å²) in [6, 6.07) is 7.98. The van der Waals surface area contributed by atoms with Gasteiger partial charge in [0.25, 0.3) is 0 Å². The average Bonchev–Trinajstić information content (AvgIpc) is 2.57. The van der Waals surface area contributed by atoms with E-state index in [4.69, 9.17) is 27.9 Å². The van der Waals surface area contributed by atoms with E-state index in [-0.39, 0.29) is 11.3 Å². The number of ether oxygens (including phenoxy) is 1. The Morgan fingerprint density at radius 3 is 2.42 bits per heavy atom. The van der Waals surface area contributed by atoms with E-state index in [2.05, 4.69) is 5.32 Å². The molecule has 0 bridgehead atoms. The highest BCUT2D eigenvalue weighted by Gasteiger charge is 2.15. The summed E-state index contributed by atoms with van der Waals surface area (Å²) in [5.41, 5.74) is 2.24. The van der Waals surface area contributed by atoms with E-state index in [0.717, 1.165) is 5.56 Å². The van der Waals surface area contributed by atoms with E-state index in [9.17, 15) is 14.7 Å². The highest BCUT2D eigenvalue weighted by Crippen LogP contribution is 2.28. The normalized spacial score (nSPS) is 11.2. The zero-order valence-corrected chi connectivity index (χ0v) is 15.9. The number of carboxylic acid groups (broad SMARTS) is 1. The number of rotatable bonds is 5. The SMILES string of the molecule is COc1cc(C(=O)O)c(NC(=O)/C=C(/C)c2ccc(Cl)c(Cl)c2)cc1C. The van der Waals surface area contributed by atoms with E-state index < -0.39 is 11.9 Å². The molecule has 2 rings (SSSR count). The topological polar surface area (TPSA) is 75.6 Å². The molecule has 0 saturated heterocycles. The third kappa shape index (κ3) is 4.56. The highest BCUT2D eigenvalue weighted by molar-refractivity contribution is 6.42. The van der Waals surface area contributed by atoms with Gasteiger partial charge in [0.2, 0.25) is 5.91 Å². The summed E-state index contributed by atoms with van der Waals surface area (Å²) >= 11 is 11.9. The van der Waals surface area contributed by atoms with Crippen LogP contribution in [-0.2, 0) is 4.79 Å². The fraction of sp³-hybridized carbons (Fsp3) is 0.158. The first-order valence-corrected chi connectivity index (χ1v) is 8.35. The van der Waals surface area contributed by atoms with Gasteiger partial charge in [-0.25, -0.2) is 4.79 Å². The molecule has 26 heavy (non-hydrogen) atoms. The van der Waals surface area contributed by atoms with Crippen LogP contribution >= 0.6 is 23.2 Å². The van der Waals surface area contributed by atoms with Crippen LogP contribution < -0.4 is 10.1 Å². The van der Waals surface area contributed by atoms with Gasteiger partial charge in [-0.1, -0.05) is 29.3 Å². The standard InChI is InChI=1S/C19H17Cl2NO4/c1-10(12-4-5-14(20)15(21)8-12)7-18(23)22-16-6-11(2)17(26-3)9-13(16)19(24)25/h4-9H,1-3H3,(H,22,23)(H,24,25)/b10-7-. The summed E-state index contributed by atoms with van der Waals surface area (Å²) in [5, 5.41) is 12.8. The largest absolute Gasteiger partial charge is 0.496 e. The molecule has 136 valence electrons. The van der Waals surface area contributed by atoms with Gasteiger partial charge in [-0.05, 0) is 54.8 Å². The molecule has 0 aliphatic carbocycles. The van der Waals surface area contributed by atoms with E-state index in [1.54, 1.807) is 38.1 Å². The summed E-state index contributed by atoms with van der Waals surface area (Å²) in [5.74, 6) is -1.19. The minimum atomic E-state index is -1.16. The molecule has 2 N–H and O–H groups in total. The van der Waals surface area contributed by atoms with Gasteiger partial charge in [0.15, 0.2) is 0 Å². The van der Waals surface area contributed by atoms with Crippen LogP contribution in [0, 0.1) is 6.92 Å². The third-order valence-corrected chi connectivity index (χ3v) is 4.48. The van der Waals surface area contributed by atoms with Gasteiger partial charge in [-0.15, -0.1) is 0 Å². The van der Waals surface area contributed by atoms with E-state index in [1.807, 2.05) is 0 Å². The second-order valence-electron chi connectivity index (χ2n) is 5.62. The molecule has 5 nitrogen and oxygen atoms in total. The molecule has 0 radical (unpaired) electrons. The predicted octanol–water partition coefficient (Wildman–Crippen LogP) is 5.05. The fourth-order valence-electron chi connectivity index (χ4n) is 2.38. The first-order valence-electron chi connectivity index (χ1n) is 7.59. The molecule has 2 aromatic rings. The lowest BCUT2D eigenvalue weighted by Gasteiger charge is -2.12. The Morgan fingerprint density at radius 1 is 1.15 bits per heavy atom. The second-order valence-corrected chi connectivity index (χ2v) is 6.43. The van der Waals surface area contributed by atoms with Crippen LogP contribution in [0.15, 0.2) is 36.4 Å². The lowest BCUT2D eigenvalue weighted by Crippen LogP contribution is -2.13. The molecule has 0 unspecified atom stereocenters. The van der Waals surface area contributed by atoms with Crippen LogP contribution in [0.1, 0.15) is 28.4 Å². The zero-order chi connectivity index (χ0) is 19.4. The van der Waals surface area contributed by atoms with Gasteiger partial charge < -0.3 is 15.2 Å². The molecule has 0 atom stereocenters. The van der Waals surface area contributed by atoms with Gasteiger partial charge in [0, 0.05) is 6.08 Å². The number of amides is 1. The summed E-state index contributed by atoms with van der Waals surface area (Å²) in [6.45, 7) is 3.51. The van der Waals surface area contributed by atoms with Crippen molar-refractivity contribution >= 4 is 46.3 Å². The molecule has 0 aliphatic rings. The molecular formula is C19H17Cl2NO4. The van der Waals surface area contributed by atoms with Crippen molar-refractivity contribution in [2.45, 2.75) is 13.8 Å². The number of anilines is 1. The number of aryl methyl sites for hydroxylation is 1. The molecule has 0 heterocycles. The molecule has 0 saturated carbocycles. The summed E-state index contributed by atoms with van der Waals surface area (Å²) in [4.78, 5) is 23.8. The van der Waals surface area contributed by atoms with Crippen LogP contribution in [-0.4, -0.2) is 24.1 Å². The molecule has 0 spiro atoms. The number of benzene rings is 2. The van der Waals surface area contributed by atoms with E-state index >= 15 is 0 Å². The van der Waals surface area contributed by atoms with Crippen molar-refractivity contribution in [2.75, 3.05) is 12.4 Å². The van der Waals surface area contributed by atoms with Gasteiger partial charge in [0.1, 0.15) is 5.75 Å². The van der Waals surface area contributed by atoms with Crippen molar-refractivity contribution in [1.29, 1.82) is 0 Å². The predicted molar refractivity (Wildman–Crippen MR) is 103 cm³/mol. The Labute approximate surface area is 161 Å². The lowest BCUT2D eigenvalue weighted by molar-refractivity contribution is -0.111. The zero-order valence-electron chi connectivity index (χ0n) is 14.4. The molecular weight excluding hydrogens is 377 g/mol. The Balaban J connectivity index is 2.30. The first-order chi connectivity index (χ1) is 12.2. The maximum Gasteiger partial charge on any atom is 0.337 e. The number of nitrogens with one attached hydrogen (secondary N) is 1. The molecule has 1 amide bonds. The summed E-state index contributed by atoms with van der Waals surface area (Å²) < 4.78 is 5.13. The second kappa shape index (κ2) is 8.25. The smallest absolute Gasteiger partial charge is 0.337 e. The van der Waals surface area contributed by atoms with Gasteiger partial charge in [-0.3, -0.25) is 4.79 Å². The number of carboxylic acids is 1. The number of hydrogen-bond acceptors (Lipinski definition) is 3. The number of methoxy groups -OCH3 is 1. The molecule has 7 heteroatoms. The first kappa shape index (κ1) is 19.8. The van der Waals surface area contributed by atoms with Gasteiger partial charge in [-0.2, -0.15) is 0 Å². The van der Waals surface area contributed by atoms with Crippen molar-refractivity contribution in [3.8, 4) is 5.75 Å². The van der Waals surface area contributed by atoms with Crippen molar-refractivity contribution in [1.82, 2.24) is 0 Å². The van der Waals surface area contributed by atoms with Crippen LogP contribution in [0.25, 0.3) is 5.57 Å². The van der Waals surface area contributed by atoms with Crippen molar-refractivity contribution < 1.29 is 19.4 Å². The summed E-state index contributed by atoms with van der Waals surface area (Å²) in [6.07, 6.45) is 1.37. The van der Waals surface area contributed by atoms with Crippen molar-refractivity contribution in [3.63, 3.8) is 0 Å². The van der Waals surface area contributed by atoms with Gasteiger partial charge >= 0.3 is 5.97 Å². The van der Waals surface area contributed by atoms with Crippen LogP contribution in [0.5, 0.6) is 5.75 Å². The maximum atomic E-state index is 12.3. The molecule has 0 fully saturated rings. The fourth-order valence-corrected chi connectivity index (χ4v) is 2.68. The Morgan fingerprint density at radius 2 is 1.85 bits per heavy atom. The minimum absolute atomic E-state index is 0.0543. The minimum Gasteiger partial charge on any atom is -0.496 e. The number of aromatic carboxylic acids is 1. The van der Waals surface area contributed by atoms with Crippen LogP contribution in [0.2, 0.25) is 10.0 Å². The monoisotopic (exact) mass is 393 g/mol.